The second kappa shape index (κ2) is 8.33. The molecule has 1 aliphatic heterocycles. The van der Waals surface area contributed by atoms with Crippen molar-refractivity contribution in [3.63, 3.8) is 0 Å². The van der Waals surface area contributed by atoms with Gasteiger partial charge in [-0.2, -0.15) is 0 Å². The standard InChI is InChI=1S/C25H30N2O4/c1-16-22-19(28)13-25(2,3)14-20(22)31-23(16)24(30)26-11-6-9-21(29)27-12-10-17-7-4-5-8-18(17)15-27/h4-5,7-8H,6,9-15H2,1-3H3,(H,26,30). The maximum atomic E-state index is 12.6. The lowest BCUT2D eigenvalue weighted by Gasteiger charge is -2.29. The first kappa shape index (κ1) is 21.3. The molecule has 0 unspecified atom stereocenters. The number of carbonyl (C=O) groups is 3. The maximum absolute atomic E-state index is 12.6. The van der Waals surface area contributed by atoms with Crippen molar-refractivity contribution in [3.8, 4) is 0 Å². The largest absolute Gasteiger partial charge is 0.455 e. The highest BCUT2D eigenvalue weighted by atomic mass is 16.4. The van der Waals surface area contributed by atoms with Gasteiger partial charge < -0.3 is 14.6 Å². The van der Waals surface area contributed by atoms with Crippen molar-refractivity contribution in [3.05, 3.63) is 58.0 Å². The predicted octanol–water partition coefficient (Wildman–Crippen LogP) is 3.84. The molecule has 2 amide bonds. The fourth-order valence-electron chi connectivity index (χ4n) is 4.69. The molecular formula is C25H30N2O4. The second-order valence-electron chi connectivity index (χ2n) is 9.49. The molecule has 6 heteroatoms. The Morgan fingerprint density at radius 3 is 2.68 bits per heavy atom. The van der Waals surface area contributed by atoms with Crippen molar-refractivity contribution in [2.75, 3.05) is 13.1 Å². The Hall–Kier alpha value is -2.89. The summed E-state index contributed by atoms with van der Waals surface area (Å²) in [5.74, 6) is 0.665. The lowest BCUT2D eigenvalue weighted by atomic mass is 9.76. The number of hydrogen-bond donors (Lipinski definition) is 1. The van der Waals surface area contributed by atoms with Crippen molar-refractivity contribution in [2.24, 2.45) is 5.41 Å². The van der Waals surface area contributed by atoms with Gasteiger partial charge in [-0.05, 0) is 36.3 Å². The molecule has 0 saturated heterocycles. The van der Waals surface area contributed by atoms with Gasteiger partial charge in [0, 0.05) is 44.5 Å². The molecule has 0 spiro atoms. The molecule has 0 radical (unpaired) electrons. The average molecular weight is 423 g/mol. The summed E-state index contributed by atoms with van der Waals surface area (Å²) >= 11 is 0. The van der Waals surface area contributed by atoms with Gasteiger partial charge in [-0.1, -0.05) is 38.1 Å². The number of hydrogen-bond acceptors (Lipinski definition) is 4. The lowest BCUT2D eigenvalue weighted by molar-refractivity contribution is -0.132. The third kappa shape index (κ3) is 4.43. The summed E-state index contributed by atoms with van der Waals surface area (Å²) in [6, 6.07) is 8.24. The highest BCUT2D eigenvalue weighted by Gasteiger charge is 2.37. The third-order valence-electron chi connectivity index (χ3n) is 6.32. The number of rotatable bonds is 5. The first-order chi connectivity index (χ1) is 14.7. The van der Waals surface area contributed by atoms with Crippen LogP contribution < -0.4 is 5.32 Å². The van der Waals surface area contributed by atoms with E-state index in [9.17, 15) is 14.4 Å². The highest BCUT2D eigenvalue weighted by Crippen LogP contribution is 2.38. The molecule has 164 valence electrons. The van der Waals surface area contributed by atoms with Crippen molar-refractivity contribution in [1.29, 1.82) is 0 Å². The molecule has 0 fully saturated rings. The number of amides is 2. The molecule has 0 bridgehead atoms. The van der Waals surface area contributed by atoms with E-state index < -0.39 is 0 Å². The summed E-state index contributed by atoms with van der Waals surface area (Å²) in [6.45, 7) is 7.61. The van der Waals surface area contributed by atoms with Gasteiger partial charge in [-0.25, -0.2) is 0 Å². The molecule has 1 N–H and O–H groups in total. The van der Waals surface area contributed by atoms with Gasteiger partial charge in [-0.3, -0.25) is 14.4 Å². The SMILES string of the molecule is Cc1c(C(=O)NCCCC(=O)N2CCc3ccccc3C2)oc2c1C(=O)CC(C)(C)C2. The second-order valence-corrected chi connectivity index (χ2v) is 9.49. The minimum absolute atomic E-state index is 0.0419. The van der Waals surface area contributed by atoms with Gasteiger partial charge in [0.25, 0.3) is 5.91 Å². The average Bonchev–Trinajstić information content (AvgIpc) is 3.05. The van der Waals surface area contributed by atoms with Crippen LogP contribution in [0.1, 0.15) is 76.5 Å². The number of nitrogens with zero attached hydrogens (tertiary/aromatic N) is 1. The highest BCUT2D eigenvalue weighted by molar-refractivity contribution is 6.03. The Balaban J connectivity index is 1.29. The molecule has 0 saturated carbocycles. The van der Waals surface area contributed by atoms with Crippen LogP contribution in [0.3, 0.4) is 0 Å². The molecule has 2 aromatic rings. The quantitative estimate of drug-likeness (QED) is 0.743. The minimum atomic E-state index is -0.322. The minimum Gasteiger partial charge on any atom is -0.455 e. The van der Waals surface area contributed by atoms with Crippen molar-refractivity contribution < 1.29 is 18.8 Å². The van der Waals surface area contributed by atoms with E-state index >= 15 is 0 Å². The molecule has 1 aliphatic carbocycles. The van der Waals surface area contributed by atoms with Gasteiger partial charge in [0.2, 0.25) is 5.91 Å². The van der Waals surface area contributed by atoms with Crippen LogP contribution >= 0.6 is 0 Å². The number of nitrogens with one attached hydrogen (secondary N) is 1. The Labute approximate surface area is 183 Å². The fraction of sp³-hybridized carbons (Fsp3) is 0.480. The Morgan fingerprint density at radius 2 is 1.90 bits per heavy atom. The van der Waals surface area contributed by atoms with Crippen LogP contribution in [-0.4, -0.2) is 35.6 Å². The molecule has 31 heavy (non-hydrogen) atoms. The first-order valence-electron chi connectivity index (χ1n) is 11.0. The van der Waals surface area contributed by atoms with Crippen molar-refractivity contribution in [2.45, 2.75) is 59.4 Å². The van der Waals surface area contributed by atoms with E-state index in [-0.39, 0.29) is 28.8 Å². The molecule has 6 nitrogen and oxygen atoms in total. The fourth-order valence-corrected chi connectivity index (χ4v) is 4.69. The normalized spacial score (nSPS) is 17.1. The first-order valence-corrected chi connectivity index (χ1v) is 11.0. The smallest absolute Gasteiger partial charge is 0.287 e. The van der Waals surface area contributed by atoms with Gasteiger partial charge in [-0.15, -0.1) is 0 Å². The Kier molecular flexibility index (Phi) is 5.73. The van der Waals surface area contributed by atoms with Crippen LogP contribution in [0.5, 0.6) is 0 Å². The summed E-state index contributed by atoms with van der Waals surface area (Å²) in [5.41, 5.74) is 3.57. The zero-order chi connectivity index (χ0) is 22.2. The van der Waals surface area contributed by atoms with Crippen molar-refractivity contribution >= 4 is 17.6 Å². The molecule has 2 aliphatic rings. The molecular weight excluding hydrogens is 392 g/mol. The van der Waals surface area contributed by atoms with Crippen LogP contribution in [0.25, 0.3) is 0 Å². The van der Waals surface area contributed by atoms with Crippen LogP contribution in [0, 0.1) is 12.3 Å². The van der Waals surface area contributed by atoms with Gasteiger partial charge >= 0.3 is 0 Å². The molecule has 1 aromatic heterocycles. The zero-order valence-corrected chi connectivity index (χ0v) is 18.5. The summed E-state index contributed by atoms with van der Waals surface area (Å²) in [7, 11) is 0. The van der Waals surface area contributed by atoms with Crippen LogP contribution in [0.4, 0.5) is 0 Å². The Morgan fingerprint density at radius 1 is 1.16 bits per heavy atom. The molecule has 0 atom stereocenters. The van der Waals surface area contributed by atoms with Crippen molar-refractivity contribution in [1.82, 2.24) is 10.2 Å². The van der Waals surface area contributed by atoms with E-state index in [1.807, 2.05) is 30.9 Å². The van der Waals surface area contributed by atoms with Crippen LogP contribution in [0.15, 0.2) is 28.7 Å². The summed E-state index contributed by atoms with van der Waals surface area (Å²) in [6.07, 6.45) is 2.95. The van der Waals surface area contributed by atoms with E-state index in [0.29, 0.717) is 55.7 Å². The number of ketones is 1. The summed E-state index contributed by atoms with van der Waals surface area (Å²) in [5, 5.41) is 2.84. The lowest BCUT2D eigenvalue weighted by Crippen LogP contribution is -2.36. The van der Waals surface area contributed by atoms with E-state index in [2.05, 4.69) is 17.4 Å². The van der Waals surface area contributed by atoms with Crippen LogP contribution in [-0.2, 0) is 24.2 Å². The topological polar surface area (TPSA) is 79.6 Å². The monoisotopic (exact) mass is 422 g/mol. The van der Waals surface area contributed by atoms with Gasteiger partial charge in [0.05, 0.1) is 5.56 Å². The Bertz CT molecular complexity index is 1030. The van der Waals surface area contributed by atoms with Gasteiger partial charge in [0.15, 0.2) is 11.5 Å². The number of benzene rings is 1. The van der Waals surface area contributed by atoms with E-state index in [0.717, 1.165) is 13.0 Å². The molecule has 1 aromatic carbocycles. The van der Waals surface area contributed by atoms with E-state index in [1.54, 1.807) is 6.92 Å². The molecule has 2 heterocycles. The number of fused-ring (bicyclic) bond motifs is 2. The third-order valence-corrected chi connectivity index (χ3v) is 6.32. The number of furan rings is 1. The van der Waals surface area contributed by atoms with Crippen LogP contribution in [0.2, 0.25) is 0 Å². The summed E-state index contributed by atoms with van der Waals surface area (Å²) < 4.78 is 5.80. The zero-order valence-electron chi connectivity index (χ0n) is 18.5. The summed E-state index contributed by atoms with van der Waals surface area (Å²) in [4.78, 5) is 39.6. The van der Waals surface area contributed by atoms with E-state index in [4.69, 9.17) is 4.42 Å². The number of carbonyl (C=O) groups excluding carboxylic acids is 3. The number of Topliss-reactive ketones (excluding diaryl/α,β-unsaturated/α-hetero) is 1. The van der Waals surface area contributed by atoms with Gasteiger partial charge in [0.1, 0.15) is 5.76 Å². The molecule has 4 rings (SSSR count). The predicted molar refractivity (Wildman–Crippen MR) is 117 cm³/mol. The maximum Gasteiger partial charge on any atom is 0.287 e. The van der Waals surface area contributed by atoms with E-state index in [1.165, 1.54) is 11.1 Å².